The Balaban J connectivity index is 4.21. The van der Waals surface area contributed by atoms with Gasteiger partial charge in [-0.1, -0.05) is 13.8 Å². The molecule has 0 saturated carbocycles. The van der Waals surface area contributed by atoms with Gasteiger partial charge in [-0.2, -0.15) is 0 Å². The predicted molar refractivity (Wildman–Crippen MR) is 58.2 cm³/mol. The van der Waals surface area contributed by atoms with Crippen LogP contribution in [0.5, 0.6) is 0 Å². The molecule has 4 N–H and O–H groups in total. The van der Waals surface area contributed by atoms with Crippen LogP contribution in [0.15, 0.2) is 0 Å². The Morgan fingerprint density at radius 2 is 1.73 bits per heavy atom. The lowest BCUT2D eigenvalue weighted by Crippen LogP contribution is -2.46. The van der Waals surface area contributed by atoms with Gasteiger partial charge in [0.2, 0.25) is 5.91 Å². The number of hydrogen-bond acceptors (Lipinski definition) is 4. The second kappa shape index (κ2) is 7.62. The van der Waals surface area contributed by atoms with Crippen molar-refractivity contribution in [3.8, 4) is 0 Å². The van der Waals surface area contributed by atoms with Gasteiger partial charge < -0.3 is 20.8 Å². The van der Waals surface area contributed by atoms with E-state index < -0.39 is 6.04 Å². The lowest BCUT2D eigenvalue weighted by atomic mass is 10.0. The van der Waals surface area contributed by atoms with E-state index in [1.165, 1.54) is 4.90 Å². The quantitative estimate of drug-likeness (QED) is 0.520. The molecule has 0 fully saturated rings. The molecule has 0 aliphatic heterocycles. The van der Waals surface area contributed by atoms with Crippen molar-refractivity contribution in [2.45, 2.75) is 26.3 Å². The molecule has 5 nitrogen and oxygen atoms in total. The summed E-state index contributed by atoms with van der Waals surface area (Å²) in [4.78, 5) is 13.1. The van der Waals surface area contributed by atoms with Crippen LogP contribution in [0.3, 0.4) is 0 Å². The van der Waals surface area contributed by atoms with E-state index >= 15 is 0 Å². The highest BCUT2D eigenvalue weighted by molar-refractivity contribution is 5.81. The number of hydrogen-bond donors (Lipinski definition) is 3. The first-order valence-electron chi connectivity index (χ1n) is 5.29. The summed E-state index contributed by atoms with van der Waals surface area (Å²) in [6.45, 7) is 4.22. The Bertz CT molecular complexity index is 180. The van der Waals surface area contributed by atoms with E-state index in [4.69, 9.17) is 15.9 Å². The van der Waals surface area contributed by atoms with Crippen molar-refractivity contribution < 1.29 is 15.0 Å². The molecule has 0 aliphatic rings. The van der Waals surface area contributed by atoms with Gasteiger partial charge in [0.25, 0.3) is 0 Å². The first-order chi connectivity index (χ1) is 7.02. The van der Waals surface area contributed by atoms with E-state index in [0.717, 1.165) is 0 Å². The van der Waals surface area contributed by atoms with Gasteiger partial charge in [-0.15, -0.1) is 0 Å². The Labute approximate surface area is 90.9 Å². The molecule has 0 radical (unpaired) electrons. The van der Waals surface area contributed by atoms with Crippen LogP contribution >= 0.6 is 0 Å². The molecule has 1 atom stereocenters. The Morgan fingerprint density at radius 1 is 1.27 bits per heavy atom. The maximum absolute atomic E-state index is 11.7. The lowest BCUT2D eigenvalue weighted by molar-refractivity contribution is -0.134. The minimum absolute atomic E-state index is 0.111. The number of aliphatic hydroxyl groups excluding tert-OH is 2. The maximum atomic E-state index is 11.7. The molecule has 90 valence electrons. The summed E-state index contributed by atoms with van der Waals surface area (Å²) in [6, 6.07) is -0.539. The predicted octanol–water partition coefficient (Wildman–Crippen LogP) is -0.827. The zero-order chi connectivity index (χ0) is 11.8. The first kappa shape index (κ1) is 14.3. The Hall–Kier alpha value is -0.650. The monoisotopic (exact) mass is 218 g/mol. The summed E-state index contributed by atoms with van der Waals surface area (Å²) in [5.74, 6) is 0.154. The van der Waals surface area contributed by atoms with Crippen molar-refractivity contribution in [3.05, 3.63) is 0 Å². The van der Waals surface area contributed by atoms with Crippen molar-refractivity contribution in [1.82, 2.24) is 4.90 Å². The minimum Gasteiger partial charge on any atom is -0.395 e. The van der Waals surface area contributed by atoms with Gasteiger partial charge >= 0.3 is 0 Å². The fourth-order valence-electron chi connectivity index (χ4n) is 1.42. The van der Waals surface area contributed by atoms with E-state index in [1.54, 1.807) is 0 Å². The molecule has 0 heterocycles. The number of carbonyl (C=O) groups excluding carboxylic acids is 1. The van der Waals surface area contributed by atoms with Crippen LogP contribution in [0.25, 0.3) is 0 Å². The fourth-order valence-corrected chi connectivity index (χ4v) is 1.42. The van der Waals surface area contributed by atoms with E-state index in [2.05, 4.69) is 0 Å². The number of rotatable bonds is 7. The number of nitrogens with zero attached hydrogens (tertiary/aromatic N) is 1. The SMILES string of the molecule is CC(C)C[C@H](N)C(=O)N(CCO)CCO. The topological polar surface area (TPSA) is 86.8 Å². The summed E-state index contributed by atoms with van der Waals surface area (Å²) in [6.07, 6.45) is 0.617. The van der Waals surface area contributed by atoms with Crippen LogP contribution in [0.4, 0.5) is 0 Å². The van der Waals surface area contributed by atoms with E-state index in [-0.39, 0.29) is 32.2 Å². The minimum atomic E-state index is -0.539. The van der Waals surface area contributed by atoms with Crippen molar-refractivity contribution in [2.75, 3.05) is 26.3 Å². The number of amides is 1. The normalized spacial score (nSPS) is 12.9. The molecule has 0 aromatic carbocycles. The van der Waals surface area contributed by atoms with E-state index in [1.807, 2.05) is 13.8 Å². The molecule has 0 saturated heterocycles. The summed E-state index contributed by atoms with van der Waals surface area (Å²) >= 11 is 0. The summed E-state index contributed by atoms with van der Waals surface area (Å²) in [5.41, 5.74) is 5.73. The van der Waals surface area contributed by atoms with Gasteiger partial charge in [0.1, 0.15) is 0 Å². The second-order valence-corrected chi connectivity index (χ2v) is 4.01. The molecular weight excluding hydrogens is 196 g/mol. The van der Waals surface area contributed by atoms with E-state index in [9.17, 15) is 4.79 Å². The smallest absolute Gasteiger partial charge is 0.239 e. The van der Waals surface area contributed by atoms with Crippen LogP contribution < -0.4 is 5.73 Å². The molecule has 0 bridgehead atoms. The van der Waals surface area contributed by atoms with Crippen LogP contribution in [0, 0.1) is 5.92 Å². The zero-order valence-corrected chi connectivity index (χ0v) is 9.52. The van der Waals surface area contributed by atoms with Gasteiger partial charge in [-0.05, 0) is 12.3 Å². The molecule has 5 heteroatoms. The average Bonchev–Trinajstić information content (AvgIpc) is 2.15. The van der Waals surface area contributed by atoms with Crippen molar-refractivity contribution in [3.63, 3.8) is 0 Å². The largest absolute Gasteiger partial charge is 0.395 e. The highest BCUT2D eigenvalue weighted by Gasteiger charge is 2.20. The average molecular weight is 218 g/mol. The van der Waals surface area contributed by atoms with Crippen LogP contribution in [-0.4, -0.2) is 53.4 Å². The summed E-state index contributed by atoms with van der Waals surface area (Å²) in [7, 11) is 0. The van der Waals surface area contributed by atoms with Crippen molar-refractivity contribution in [2.24, 2.45) is 11.7 Å². The van der Waals surface area contributed by atoms with Gasteiger partial charge in [-0.25, -0.2) is 0 Å². The maximum Gasteiger partial charge on any atom is 0.239 e. The molecule has 0 unspecified atom stereocenters. The third-order valence-electron chi connectivity index (χ3n) is 2.09. The standard InChI is InChI=1S/C10H22N2O3/c1-8(2)7-9(11)10(15)12(3-5-13)4-6-14/h8-9,13-14H,3-7,11H2,1-2H3/t9-/m0/s1. The van der Waals surface area contributed by atoms with Gasteiger partial charge in [0, 0.05) is 13.1 Å². The van der Waals surface area contributed by atoms with Crippen LogP contribution in [0.1, 0.15) is 20.3 Å². The van der Waals surface area contributed by atoms with Gasteiger partial charge in [-0.3, -0.25) is 4.79 Å². The zero-order valence-electron chi connectivity index (χ0n) is 9.52. The third-order valence-corrected chi connectivity index (χ3v) is 2.09. The molecule has 0 aliphatic carbocycles. The molecule has 1 amide bonds. The van der Waals surface area contributed by atoms with E-state index in [0.29, 0.717) is 12.3 Å². The van der Waals surface area contributed by atoms with Crippen LogP contribution in [0.2, 0.25) is 0 Å². The second-order valence-electron chi connectivity index (χ2n) is 4.01. The lowest BCUT2D eigenvalue weighted by Gasteiger charge is -2.24. The Kier molecular flexibility index (Phi) is 7.29. The summed E-state index contributed by atoms with van der Waals surface area (Å²) in [5, 5.41) is 17.5. The highest BCUT2D eigenvalue weighted by atomic mass is 16.3. The molecule has 0 spiro atoms. The molecule has 0 rings (SSSR count). The van der Waals surface area contributed by atoms with Crippen molar-refractivity contribution >= 4 is 5.91 Å². The number of aliphatic hydroxyl groups is 2. The first-order valence-corrected chi connectivity index (χ1v) is 5.29. The van der Waals surface area contributed by atoms with Crippen molar-refractivity contribution in [1.29, 1.82) is 0 Å². The fraction of sp³-hybridized carbons (Fsp3) is 0.900. The third kappa shape index (κ3) is 5.71. The van der Waals surface area contributed by atoms with Crippen LogP contribution in [-0.2, 0) is 4.79 Å². The molecule has 0 aromatic heterocycles. The Morgan fingerprint density at radius 3 is 2.07 bits per heavy atom. The highest BCUT2D eigenvalue weighted by Crippen LogP contribution is 2.05. The van der Waals surface area contributed by atoms with Gasteiger partial charge in [0.05, 0.1) is 19.3 Å². The molecular formula is C10H22N2O3. The number of carbonyl (C=O) groups is 1. The molecule has 15 heavy (non-hydrogen) atoms. The molecule has 0 aromatic rings. The van der Waals surface area contributed by atoms with Gasteiger partial charge in [0.15, 0.2) is 0 Å². The number of nitrogens with two attached hydrogens (primary N) is 1. The summed E-state index contributed by atoms with van der Waals surface area (Å²) < 4.78 is 0.